The Morgan fingerprint density at radius 2 is 1.35 bits per heavy atom. The smallest absolute Gasteiger partial charge is 0.389 e. The van der Waals surface area contributed by atoms with Gasteiger partial charge in [0.15, 0.2) is 47.7 Å². The van der Waals surface area contributed by atoms with E-state index in [4.69, 9.17) is 60.8 Å². The quantitative estimate of drug-likeness (QED) is 0.0575. The van der Waals surface area contributed by atoms with Gasteiger partial charge in [-0.3, -0.25) is 27.5 Å². The average molecular weight is 1200 g/mol. The number of aromatic nitrogens is 11. The first-order chi connectivity index (χ1) is 40.3. The Hall–Kier alpha value is -6.82. The summed E-state index contributed by atoms with van der Waals surface area (Å²) >= 11 is 0.719. The Balaban J connectivity index is 0.673. The molecule has 2 radical (unpaired) electrons. The van der Waals surface area contributed by atoms with Crippen LogP contribution in [0.2, 0.25) is 0 Å². The van der Waals surface area contributed by atoms with Crippen LogP contribution in [0.4, 0.5) is 26.1 Å². The zero-order valence-corrected chi connectivity index (χ0v) is 46.8. The minimum atomic E-state index is -4.70. The number of nitrogens with zero attached hydrogens (tertiary/aromatic N) is 12. The van der Waals surface area contributed by atoms with Gasteiger partial charge in [0.1, 0.15) is 66.2 Å². The van der Waals surface area contributed by atoms with Crippen LogP contribution in [0.5, 0.6) is 5.75 Å². The van der Waals surface area contributed by atoms with E-state index in [2.05, 4.69) is 40.2 Å². The van der Waals surface area contributed by atoms with E-state index in [1.807, 2.05) is 65.0 Å². The number of carbonyl (C=O) groups is 1. The number of hydrogen-bond acceptors (Lipinski definition) is 23. The summed E-state index contributed by atoms with van der Waals surface area (Å²) in [7, 11) is 1.35. The van der Waals surface area contributed by atoms with Crippen LogP contribution in [0, 0.1) is 0 Å². The number of para-hydroxylation sites is 1. The molecule has 0 spiro atoms. The van der Waals surface area contributed by atoms with E-state index >= 15 is 13.3 Å². The summed E-state index contributed by atoms with van der Waals surface area (Å²) in [6.07, 6.45) is -8.49. The van der Waals surface area contributed by atoms with Crippen molar-refractivity contribution in [3.63, 3.8) is 0 Å². The minimum Gasteiger partial charge on any atom is -0.491 e. The maximum Gasteiger partial charge on any atom is 0.389 e. The standard InChI is InChI=1S/C51H53BF2N14O12P2S/c1-2-37(69)65-21-30-7-3-4-8-32(30)40-43(33-9-5-6-10-34(33)65)68(64-63-40)15-16-72-17-18-73-19-20-74-31-13-11-29(12-14-31)24-83-82(71)76-23-36-44(38(53)50(78-36)66-27-61-41-46(55)57-25-59-48(41)66)79-81(52,70)75-22-35-45(80-82)39(54)51(77-35)67-28-62-42-47(56)58-26-60-49(42)67/h3-14,25-28,35-36,38-39,44-45,50-51H,2,15-24H2,1H3,(H2,55,57,59)(H2,56,58,60)/t35-,36-,38-,39-,44-,45-,50-,51-,81+,82+/m1/s1. The van der Waals surface area contributed by atoms with Crippen LogP contribution in [0.1, 0.15) is 36.9 Å². The predicted octanol–water partition coefficient (Wildman–Crippen LogP) is 6.73. The van der Waals surface area contributed by atoms with E-state index in [1.165, 1.54) is 21.8 Å². The van der Waals surface area contributed by atoms with Gasteiger partial charge in [-0.25, -0.2) is 47.9 Å². The number of ether oxygens (including phenoxy) is 5. The van der Waals surface area contributed by atoms with Gasteiger partial charge in [-0.1, -0.05) is 66.7 Å². The highest BCUT2D eigenvalue weighted by molar-refractivity contribution is 8.54. The summed E-state index contributed by atoms with van der Waals surface area (Å²) in [5.74, 6) is 0.581. The molecule has 5 aromatic heterocycles. The topological polar surface area (TPSA) is 307 Å². The lowest BCUT2D eigenvalue weighted by Gasteiger charge is -2.30. The fraction of sp³-hybridized carbons (Fsp3) is 0.392. The van der Waals surface area contributed by atoms with E-state index in [0.29, 0.717) is 50.6 Å². The molecule has 9 heterocycles. The molecule has 4 N–H and O–H groups in total. The van der Waals surface area contributed by atoms with Crippen molar-refractivity contribution in [2.45, 2.75) is 81.4 Å². The lowest BCUT2D eigenvalue weighted by Crippen LogP contribution is -2.37. The number of nitrogens with two attached hydrogens (primary N) is 2. The second-order valence-corrected chi connectivity index (χ2v) is 25.0. The van der Waals surface area contributed by atoms with Crippen LogP contribution >= 0.6 is 25.7 Å². The molecule has 83 heavy (non-hydrogen) atoms. The monoisotopic (exact) mass is 1200 g/mol. The molecule has 4 aliphatic heterocycles. The van der Waals surface area contributed by atoms with Crippen molar-refractivity contribution in [3.8, 4) is 28.3 Å². The normalized spacial score (nSPS) is 26.2. The van der Waals surface area contributed by atoms with Crippen LogP contribution in [-0.2, 0) is 69.8 Å². The number of amides is 1. The third-order valence-corrected chi connectivity index (χ3v) is 18.9. The number of halogens is 2. The highest BCUT2D eigenvalue weighted by Gasteiger charge is 2.55. The molecule has 0 saturated carbocycles. The molecule has 3 aromatic carbocycles. The van der Waals surface area contributed by atoms with Crippen LogP contribution in [-0.4, -0.2) is 151 Å². The first-order valence-electron chi connectivity index (χ1n) is 26.3. The molecule has 4 aliphatic rings. The molecular weight excluding hydrogens is 1140 g/mol. The van der Waals surface area contributed by atoms with Crippen LogP contribution in [0.3, 0.4) is 0 Å². The fourth-order valence-corrected chi connectivity index (χ4v) is 14.6. The van der Waals surface area contributed by atoms with E-state index in [1.54, 1.807) is 24.3 Å². The summed E-state index contributed by atoms with van der Waals surface area (Å²) in [5, 5.41) is 9.13. The van der Waals surface area contributed by atoms with Gasteiger partial charge in [0.05, 0.1) is 76.8 Å². The van der Waals surface area contributed by atoms with Crippen LogP contribution < -0.4 is 21.1 Å². The van der Waals surface area contributed by atoms with E-state index in [-0.39, 0.29) is 58.8 Å². The highest BCUT2D eigenvalue weighted by Crippen LogP contribution is 2.65. The number of fused-ring (bicyclic) bond motifs is 9. The van der Waals surface area contributed by atoms with Crippen LogP contribution in [0.25, 0.3) is 44.8 Å². The number of imidazole rings is 2. The molecule has 432 valence electrons. The molecule has 0 unspecified atom stereocenters. The Morgan fingerprint density at radius 3 is 2.02 bits per heavy atom. The van der Waals surface area contributed by atoms with Crippen molar-refractivity contribution in [2.24, 2.45) is 0 Å². The van der Waals surface area contributed by atoms with Crippen LogP contribution in [0.15, 0.2) is 98.1 Å². The molecule has 10 atom stereocenters. The first-order valence-corrected chi connectivity index (χ1v) is 31.0. The molecule has 26 nitrogen and oxygen atoms in total. The minimum absolute atomic E-state index is 0.00266. The van der Waals surface area contributed by atoms with Gasteiger partial charge in [-0.15, -0.1) is 5.10 Å². The van der Waals surface area contributed by atoms with Crippen molar-refractivity contribution in [2.75, 3.05) is 62.6 Å². The molecule has 8 aromatic rings. The van der Waals surface area contributed by atoms with Gasteiger partial charge in [0, 0.05) is 23.3 Å². The fourth-order valence-electron chi connectivity index (χ4n) is 10.2. The van der Waals surface area contributed by atoms with Crippen molar-refractivity contribution in [1.29, 1.82) is 0 Å². The Morgan fingerprint density at radius 1 is 0.747 bits per heavy atom. The second-order valence-electron chi connectivity index (χ2n) is 19.4. The number of benzene rings is 3. The maximum atomic E-state index is 17.0. The number of rotatable bonds is 16. The number of hydrogen-bond donors (Lipinski definition) is 2. The number of alkyl halides is 2. The van der Waals surface area contributed by atoms with E-state index < -0.39 is 76.7 Å². The first kappa shape index (κ1) is 56.7. The lowest BCUT2D eigenvalue weighted by atomic mass is 9.95. The molecule has 0 bridgehead atoms. The summed E-state index contributed by atoms with van der Waals surface area (Å²) in [6.45, 7) is -1.88. The zero-order valence-electron chi connectivity index (χ0n) is 44.2. The third-order valence-electron chi connectivity index (χ3n) is 14.2. The Labute approximate surface area is 477 Å². The highest BCUT2D eigenvalue weighted by atomic mass is 32.7. The van der Waals surface area contributed by atoms with Crippen molar-refractivity contribution in [3.05, 3.63) is 109 Å². The van der Waals surface area contributed by atoms with Gasteiger partial charge >= 0.3 is 6.80 Å². The molecule has 3 saturated heterocycles. The number of carbonyl (C=O) groups excluding carboxylic acids is 1. The molecule has 3 fully saturated rings. The van der Waals surface area contributed by atoms with Gasteiger partial charge in [-0.05, 0) is 40.7 Å². The second kappa shape index (κ2) is 24.0. The summed E-state index contributed by atoms with van der Waals surface area (Å²) in [5.41, 5.74) is 18.3. The number of anilines is 3. The molecule has 32 heteroatoms. The Bertz CT molecular complexity index is 3760. The average Bonchev–Trinajstić information content (AvgIpc) is 3.07. The van der Waals surface area contributed by atoms with Crippen molar-refractivity contribution < 1.29 is 64.5 Å². The van der Waals surface area contributed by atoms with Crippen molar-refractivity contribution >= 4 is 78.8 Å². The summed E-state index contributed by atoms with van der Waals surface area (Å²) < 4.78 is 120. The van der Waals surface area contributed by atoms with E-state index in [9.17, 15) is 9.36 Å². The zero-order chi connectivity index (χ0) is 57.4. The summed E-state index contributed by atoms with van der Waals surface area (Å²) in [4.78, 5) is 39.7. The molecule has 12 rings (SSSR count). The SMILES string of the molecule is [B][P@]1(=O)OC[C@H]2O[C@@H](n3cnc4c(N)ncnc43)[C@H](F)[C@@H]2O[P@@](=O)(SCc2ccc(OCCOCCOCCn3nnc4c3-c3ccccc3N(C(=O)CC)Cc3ccccc3-4)cc2)OC[C@H]2O[C@@H](n3cnc4c(N)ncnc43)[C@H](F)[C@@H]2O1. The summed E-state index contributed by atoms with van der Waals surface area (Å²) in [6, 6.07) is 22.6. The van der Waals surface area contributed by atoms with Crippen molar-refractivity contribution in [1.82, 2.24) is 54.0 Å². The lowest BCUT2D eigenvalue weighted by molar-refractivity contribution is -0.118. The van der Waals surface area contributed by atoms with E-state index in [0.717, 1.165) is 57.8 Å². The maximum absolute atomic E-state index is 17.0. The third kappa shape index (κ3) is 11.6. The molecule has 1 amide bonds. The Kier molecular flexibility index (Phi) is 16.4. The molecule has 0 aliphatic carbocycles. The number of nitrogen functional groups attached to an aromatic ring is 2. The largest absolute Gasteiger partial charge is 0.491 e. The van der Waals surface area contributed by atoms with Gasteiger partial charge < -0.3 is 49.1 Å². The predicted molar refractivity (Wildman–Crippen MR) is 297 cm³/mol. The molecular formula is C51H53BF2N14O12P2S. The van der Waals surface area contributed by atoms with Gasteiger partial charge in [0.25, 0.3) is 7.47 Å². The van der Waals surface area contributed by atoms with Gasteiger partial charge in [-0.2, -0.15) is 0 Å². The van der Waals surface area contributed by atoms with Gasteiger partial charge in [0.2, 0.25) is 13.5 Å².